The van der Waals surface area contributed by atoms with Crippen molar-refractivity contribution in [2.24, 2.45) is 0 Å². The molecule has 0 spiro atoms. The summed E-state index contributed by atoms with van der Waals surface area (Å²) in [5.74, 6) is 3.49. The molecule has 87 heavy (non-hydrogen) atoms. The van der Waals surface area contributed by atoms with Gasteiger partial charge in [0.2, 0.25) is 11.3 Å². The molecule has 3 aromatic carbocycles. The van der Waals surface area contributed by atoms with Crippen LogP contribution in [-0.2, 0) is 56.6 Å². The smallest absolute Gasteiger partial charge is 0.456 e. The predicted octanol–water partition coefficient (Wildman–Crippen LogP) is 2.65. The van der Waals surface area contributed by atoms with Gasteiger partial charge in [0.15, 0.2) is 5.54 Å². The summed E-state index contributed by atoms with van der Waals surface area (Å²) in [5, 5.41) is 14.3. The molecular formula is C53H65N7O22P3S2+. The van der Waals surface area contributed by atoms with Crippen molar-refractivity contribution in [2.45, 2.75) is 90.3 Å². The van der Waals surface area contributed by atoms with Gasteiger partial charge in [0.1, 0.15) is 47.7 Å². The molecule has 34 heteroatoms. The number of carbonyl (C=O) groups is 2. The lowest BCUT2D eigenvalue weighted by Gasteiger charge is -2.43. The molecule has 4 aliphatic rings. The Hall–Kier alpha value is -6.26. The minimum absolute atomic E-state index is 0.0134. The Labute approximate surface area is 499 Å². The number of phosphoric acid groups is 3. The van der Waals surface area contributed by atoms with Crippen LogP contribution in [0.5, 0.6) is 11.5 Å². The molecule has 2 amide bonds. The number of ether oxygens (including phenoxy) is 2. The molecule has 10 N–H and O–H groups in total. The molecule has 5 heterocycles. The standard InChI is InChI=1S/C53H64N7O22P3S2/c1-8-59-40-22-43-38(20-36(40)32(25-52(59,3)4)29-86(72,73)74)48(39-21-37-33(30-87(75,76)77)26-53(5,6)60(9-2)41(37)23-44(39)79-43)34-15-10-11-16-35(34)50(63)57(7)19-13-17-46(62)55-18-12-14-31-27-58(51(64)56-49(31)54)47-24-42(61)45(80-47)28-78-84(68,69)82-85(70,71)81-83(65,66)67/h10-11,15-16,20-23,25-27,42,45,47,61H,8-9,13,17-19,24,28-30H2,1-7H3,(H8-,54,55,56,62,64,65,66,67,68,69,70,71,72,73,74,75,76,77)/p+1/t42-,45+,47+/m0/s1. The number of aliphatic hydroxyl groups excluding tert-OH is 1. The van der Waals surface area contributed by atoms with Gasteiger partial charge < -0.3 is 55.0 Å². The number of phosphoric ester groups is 1. The highest BCUT2D eigenvalue weighted by Crippen LogP contribution is 2.66. The van der Waals surface area contributed by atoms with E-state index >= 15 is 0 Å². The average Bonchev–Trinajstić information content (AvgIpc) is 1.15. The van der Waals surface area contributed by atoms with E-state index in [9.17, 15) is 68.9 Å². The van der Waals surface area contributed by atoms with E-state index in [0.717, 1.165) is 10.8 Å². The summed E-state index contributed by atoms with van der Waals surface area (Å²) < 4.78 is 133. The molecule has 4 aliphatic heterocycles. The molecule has 2 unspecified atom stereocenters. The van der Waals surface area contributed by atoms with E-state index in [1.807, 2.05) is 53.7 Å². The Morgan fingerprint density at radius 3 is 2.22 bits per heavy atom. The number of rotatable bonds is 21. The van der Waals surface area contributed by atoms with Crippen molar-refractivity contribution in [2.75, 3.05) is 62.0 Å². The number of nitrogens with one attached hydrogen (secondary N) is 1. The van der Waals surface area contributed by atoms with E-state index in [1.54, 1.807) is 55.6 Å². The first kappa shape index (κ1) is 66.7. The maximum absolute atomic E-state index is 14.8. The van der Waals surface area contributed by atoms with Gasteiger partial charge in [0.05, 0.1) is 42.0 Å². The normalized spacial score (nSPS) is 20.0. The van der Waals surface area contributed by atoms with E-state index in [4.69, 9.17) is 25.0 Å². The van der Waals surface area contributed by atoms with Gasteiger partial charge in [-0.05, 0) is 75.1 Å². The van der Waals surface area contributed by atoms with Crippen molar-refractivity contribution in [1.82, 2.24) is 24.3 Å². The first-order valence-corrected chi connectivity index (χ1v) is 34.5. The zero-order chi connectivity index (χ0) is 64.1. The second-order valence-electron chi connectivity index (χ2n) is 21.8. The molecule has 5 atom stereocenters. The molecule has 4 aromatic rings. The van der Waals surface area contributed by atoms with Crippen LogP contribution < -0.4 is 41.5 Å². The van der Waals surface area contributed by atoms with Gasteiger partial charge in [0, 0.05) is 92.3 Å². The fraction of sp³-hybridized carbons (Fsp3) is 0.415. The number of amides is 2. The number of likely N-dealkylation sites (N-methyl/N-ethyl adjacent to an activating group) is 2. The van der Waals surface area contributed by atoms with Crippen LogP contribution >= 0.6 is 23.5 Å². The van der Waals surface area contributed by atoms with Crippen molar-refractivity contribution in [1.29, 1.82) is 0 Å². The van der Waals surface area contributed by atoms with Crippen molar-refractivity contribution in [3.8, 4) is 23.3 Å². The summed E-state index contributed by atoms with van der Waals surface area (Å²) in [5.41, 5.74) is 7.35. The van der Waals surface area contributed by atoms with Crippen LogP contribution in [0, 0.1) is 11.8 Å². The number of carbonyl (C=O) groups excluding carboxylic acids is 2. The number of aromatic nitrogens is 2. The molecule has 1 fully saturated rings. The molecule has 8 rings (SSSR count). The average molecular weight is 1310 g/mol. The zero-order valence-corrected chi connectivity index (χ0v) is 52.2. The predicted molar refractivity (Wildman–Crippen MR) is 315 cm³/mol. The van der Waals surface area contributed by atoms with Crippen molar-refractivity contribution in [3.05, 3.63) is 121 Å². The molecule has 29 nitrogen and oxygen atoms in total. The van der Waals surface area contributed by atoms with Gasteiger partial charge in [-0.1, -0.05) is 36.1 Å². The van der Waals surface area contributed by atoms with Gasteiger partial charge >= 0.3 is 29.2 Å². The van der Waals surface area contributed by atoms with Gasteiger partial charge in [-0.25, -0.2) is 23.1 Å². The third-order valence-electron chi connectivity index (χ3n) is 14.6. The summed E-state index contributed by atoms with van der Waals surface area (Å²) in [6, 6.07) is 13.9. The van der Waals surface area contributed by atoms with Crippen LogP contribution in [0.25, 0.3) is 16.7 Å². The minimum Gasteiger partial charge on any atom is -0.456 e. The van der Waals surface area contributed by atoms with Crippen LogP contribution in [0.2, 0.25) is 0 Å². The molecule has 470 valence electrons. The van der Waals surface area contributed by atoms with Gasteiger partial charge in [-0.2, -0.15) is 30.4 Å². The lowest BCUT2D eigenvalue weighted by molar-refractivity contribution is -0.121. The Balaban J connectivity index is 1.02. The van der Waals surface area contributed by atoms with Gasteiger partial charge in [-0.3, -0.25) is 27.8 Å². The van der Waals surface area contributed by atoms with E-state index in [-0.39, 0.29) is 49.3 Å². The summed E-state index contributed by atoms with van der Waals surface area (Å²) in [4.78, 5) is 84.7. The Bertz CT molecular complexity index is 4210. The van der Waals surface area contributed by atoms with E-state index < -0.39 is 109 Å². The van der Waals surface area contributed by atoms with Crippen LogP contribution in [0.4, 0.5) is 11.5 Å². The number of aliphatic hydroxyl groups is 1. The first-order chi connectivity index (χ1) is 40.3. The van der Waals surface area contributed by atoms with Crippen LogP contribution in [0.3, 0.4) is 0 Å². The van der Waals surface area contributed by atoms with E-state index in [1.165, 1.54) is 4.90 Å². The second kappa shape index (κ2) is 25.0. The second-order valence-corrected chi connectivity index (χ2v) is 29.1. The van der Waals surface area contributed by atoms with Crippen molar-refractivity contribution < 1.29 is 96.5 Å². The number of anilines is 2. The Morgan fingerprint density at radius 1 is 0.908 bits per heavy atom. The maximum atomic E-state index is 14.8. The number of nitrogens with two attached hydrogens (primary N) is 1. The Kier molecular flexibility index (Phi) is 19.1. The van der Waals surface area contributed by atoms with E-state index in [2.05, 4.69) is 44.8 Å². The quantitative estimate of drug-likeness (QED) is 0.0221. The third-order valence-corrected chi connectivity index (χ3v) is 19.7. The number of hydrogen-bond acceptors (Lipinski definition) is 19. The highest BCUT2D eigenvalue weighted by atomic mass is 32.2. The monoisotopic (exact) mass is 1310 g/mol. The Morgan fingerprint density at radius 2 is 1.57 bits per heavy atom. The highest BCUT2D eigenvalue weighted by molar-refractivity contribution is 7.86. The lowest BCUT2D eigenvalue weighted by Crippen LogP contribution is -2.50. The largest absolute Gasteiger partial charge is 0.490 e. The topological polar surface area (TPSA) is 424 Å². The SMILES string of the molecule is CCN1c2cc3c(cc2C(CS(=O)(=O)O)=CC1(C)C)C(c1ccccc1C(=O)N(C)CCCC(=O)NCC#Cc1cn([C@H]2C[C@H](O)[C@@H](COP(=O)(O)OP(=O)(O)OP(=O)(O)O)O2)c(=O)nc1N)=c1cc2c(cc1O3)=[N+](CC)C(C)(C)C=C2CS(=O)(=O)O. The molecule has 0 radical (unpaired) electrons. The lowest BCUT2D eigenvalue weighted by atomic mass is 9.83. The molecule has 1 saturated heterocycles. The summed E-state index contributed by atoms with van der Waals surface area (Å²) in [7, 11) is -24.6. The zero-order valence-electron chi connectivity index (χ0n) is 47.9. The van der Waals surface area contributed by atoms with Crippen LogP contribution in [0.15, 0.2) is 71.7 Å². The van der Waals surface area contributed by atoms with Crippen molar-refractivity contribution in [3.63, 3.8) is 0 Å². The minimum atomic E-state index is -5.83. The molecule has 0 bridgehead atoms. The highest BCUT2D eigenvalue weighted by Gasteiger charge is 2.44. The summed E-state index contributed by atoms with van der Waals surface area (Å²) >= 11 is 0. The van der Waals surface area contributed by atoms with Crippen molar-refractivity contribution >= 4 is 83.7 Å². The maximum Gasteiger partial charge on any atom is 0.490 e. The van der Waals surface area contributed by atoms with Crippen LogP contribution in [0.1, 0.15) is 105 Å². The number of hydrogen-bond donors (Lipinski definition) is 9. The number of nitrogens with zero attached hydrogens (tertiary/aromatic N) is 5. The number of fused-ring (bicyclic) bond motifs is 4. The van der Waals surface area contributed by atoms with Gasteiger partial charge in [-0.15, -0.1) is 0 Å². The fourth-order valence-electron chi connectivity index (χ4n) is 11.1. The number of nitrogen functional groups attached to an aromatic ring is 1. The molecule has 0 aliphatic carbocycles. The van der Waals surface area contributed by atoms with E-state index in [0.29, 0.717) is 79.8 Å². The van der Waals surface area contributed by atoms with Gasteiger partial charge in [0.25, 0.3) is 26.1 Å². The fourth-order valence-corrected chi connectivity index (χ4v) is 15.4. The first-order valence-electron chi connectivity index (χ1n) is 26.7. The summed E-state index contributed by atoms with van der Waals surface area (Å²) in [6.07, 6.45) is 0.259. The summed E-state index contributed by atoms with van der Waals surface area (Å²) in [6.45, 7) is 11.4. The molecule has 1 aromatic heterocycles. The third kappa shape index (κ3) is 15.6. The molecule has 0 saturated carbocycles. The van der Waals surface area contributed by atoms with Crippen LogP contribution in [-0.4, -0.2) is 152 Å². The molecular weight excluding hydrogens is 1240 g/mol. The number of benzene rings is 3.